The Kier molecular flexibility index (Phi) is 5.01. The molecule has 1 heterocycles. The Morgan fingerprint density at radius 2 is 2.22 bits per heavy atom. The van der Waals surface area contributed by atoms with Crippen LogP contribution in [0.15, 0.2) is 30.5 Å². The van der Waals surface area contributed by atoms with Crippen molar-refractivity contribution in [3.05, 3.63) is 36.0 Å². The molecule has 2 unspecified atom stereocenters. The SMILES string of the molecule is CC1CCCC(CNC(=O)[C@@H](N)Cc2c[nH]c3ccccc23)C1. The van der Waals surface area contributed by atoms with Gasteiger partial charge >= 0.3 is 0 Å². The monoisotopic (exact) mass is 313 g/mol. The summed E-state index contributed by atoms with van der Waals surface area (Å²) in [6.45, 7) is 3.07. The molecule has 0 radical (unpaired) electrons. The fourth-order valence-corrected chi connectivity index (χ4v) is 3.75. The van der Waals surface area contributed by atoms with Crippen LogP contribution in [0.2, 0.25) is 0 Å². The van der Waals surface area contributed by atoms with Crippen LogP contribution in [0.25, 0.3) is 10.9 Å². The van der Waals surface area contributed by atoms with E-state index in [-0.39, 0.29) is 5.91 Å². The molecule has 3 atom stereocenters. The summed E-state index contributed by atoms with van der Waals surface area (Å²) in [5, 5.41) is 4.21. The number of nitrogens with one attached hydrogen (secondary N) is 2. The Morgan fingerprint density at radius 1 is 1.39 bits per heavy atom. The van der Waals surface area contributed by atoms with Crippen molar-refractivity contribution in [3.8, 4) is 0 Å². The maximum atomic E-state index is 12.3. The van der Waals surface area contributed by atoms with Crippen molar-refractivity contribution in [1.82, 2.24) is 10.3 Å². The Hall–Kier alpha value is -1.81. The van der Waals surface area contributed by atoms with Crippen LogP contribution in [-0.4, -0.2) is 23.5 Å². The van der Waals surface area contributed by atoms with Gasteiger partial charge in [-0.3, -0.25) is 4.79 Å². The first kappa shape index (κ1) is 16.1. The summed E-state index contributed by atoms with van der Waals surface area (Å²) in [5.74, 6) is 1.36. The van der Waals surface area contributed by atoms with Gasteiger partial charge in [0, 0.05) is 23.6 Å². The minimum atomic E-state index is -0.491. The van der Waals surface area contributed by atoms with Crippen LogP contribution in [0, 0.1) is 11.8 Å². The van der Waals surface area contributed by atoms with Crippen molar-refractivity contribution in [2.75, 3.05) is 6.54 Å². The van der Waals surface area contributed by atoms with Crippen molar-refractivity contribution in [1.29, 1.82) is 0 Å². The third-order valence-corrected chi connectivity index (χ3v) is 5.06. The van der Waals surface area contributed by atoms with Crippen molar-refractivity contribution in [2.24, 2.45) is 17.6 Å². The molecule has 1 aromatic heterocycles. The minimum Gasteiger partial charge on any atom is -0.361 e. The second-order valence-corrected chi connectivity index (χ2v) is 7.05. The summed E-state index contributed by atoms with van der Waals surface area (Å²) >= 11 is 0. The molecule has 0 spiro atoms. The van der Waals surface area contributed by atoms with Gasteiger partial charge in [0.15, 0.2) is 0 Å². The molecule has 1 amide bonds. The van der Waals surface area contributed by atoms with E-state index in [1.807, 2.05) is 24.4 Å². The smallest absolute Gasteiger partial charge is 0.237 e. The number of carbonyl (C=O) groups is 1. The summed E-state index contributed by atoms with van der Waals surface area (Å²) < 4.78 is 0. The van der Waals surface area contributed by atoms with E-state index >= 15 is 0 Å². The number of hydrogen-bond acceptors (Lipinski definition) is 2. The van der Waals surface area contributed by atoms with Crippen molar-refractivity contribution < 1.29 is 4.79 Å². The molecule has 0 bridgehead atoms. The van der Waals surface area contributed by atoms with Crippen LogP contribution in [-0.2, 0) is 11.2 Å². The number of aromatic amines is 1. The van der Waals surface area contributed by atoms with Gasteiger partial charge in [-0.2, -0.15) is 0 Å². The average molecular weight is 313 g/mol. The quantitative estimate of drug-likeness (QED) is 0.794. The van der Waals surface area contributed by atoms with Crippen LogP contribution in [0.4, 0.5) is 0 Å². The molecule has 3 rings (SSSR count). The average Bonchev–Trinajstić information content (AvgIpc) is 2.96. The van der Waals surface area contributed by atoms with Crippen molar-refractivity contribution in [2.45, 2.75) is 45.1 Å². The van der Waals surface area contributed by atoms with E-state index in [1.165, 1.54) is 25.7 Å². The number of fused-ring (bicyclic) bond motifs is 1. The maximum absolute atomic E-state index is 12.3. The van der Waals surface area contributed by atoms with Gasteiger partial charge in [-0.15, -0.1) is 0 Å². The highest BCUT2D eigenvalue weighted by Gasteiger charge is 2.21. The summed E-state index contributed by atoms with van der Waals surface area (Å²) in [6, 6.07) is 7.62. The lowest BCUT2D eigenvalue weighted by Crippen LogP contribution is -2.44. The van der Waals surface area contributed by atoms with E-state index in [0.717, 1.165) is 28.9 Å². The first-order valence-corrected chi connectivity index (χ1v) is 8.71. The molecule has 2 aromatic rings. The third-order valence-electron chi connectivity index (χ3n) is 5.06. The van der Waals surface area contributed by atoms with Gasteiger partial charge in [-0.25, -0.2) is 0 Å². The zero-order valence-electron chi connectivity index (χ0n) is 13.8. The highest BCUT2D eigenvalue weighted by molar-refractivity contribution is 5.86. The van der Waals surface area contributed by atoms with E-state index < -0.39 is 6.04 Å². The molecule has 124 valence electrons. The molecule has 1 fully saturated rings. The van der Waals surface area contributed by atoms with Gasteiger partial charge in [0.05, 0.1) is 6.04 Å². The fraction of sp³-hybridized carbons (Fsp3) is 0.526. The number of nitrogens with two attached hydrogens (primary N) is 1. The van der Waals surface area contributed by atoms with Crippen molar-refractivity contribution in [3.63, 3.8) is 0 Å². The normalized spacial score (nSPS) is 22.9. The standard InChI is InChI=1S/C19H27N3O/c1-13-5-4-6-14(9-13)11-22-19(23)17(20)10-15-12-21-18-8-3-2-7-16(15)18/h2-3,7-8,12-14,17,21H,4-6,9-11,20H2,1H3,(H,22,23)/t13?,14?,17-/m0/s1. The predicted molar refractivity (Wildman–Crippen MR) is 94.1 cm³/mol. The van der Waals surface area contributed by atoms with Gasteiger partial charge in [0.1, 0.15) is 0 Å². The predicted octanol–water partition coefficient (Wildman–Crippen LogP) is 2.98. The Labute approximate surface area is 137 Å². The summed E-state index contributed by atoms with van der Waals surface area (Å²) in [6.07, 6.45) is 7.57. The third kappa shape index (κ3) is 3.94. The lowest BCUT2D eigenvalue weighted by molar-refractivity contribution is -0.122. The number of aromatic nitrogens is 1. The molecule has 4 nitrogen and oxygen atoms in total. The van der Waals surface area contributed by atoms with Crippen LogP contribution in [0.5, 0.6) is 0 Å². The van der Waals surface area contributed by atoms with Crippen LogP contribution >= 0.6 is 0 Å². The van der Waals surface area contributed by atoms with Gasteiger partial charge in [0.25, 0.3) is 0 Å². The Morgan fingerprint density at radius 3 is 3.04 bits per heavy atom. The molecule has 0 saturated heterocycles. The molecule has 4 N–H and O–H groups in total. The Bertz CT molecular complexity index is 663. The number of para-hydroxylation sites is 1. The molecule has 4 heteroatoms. The topological polar surface area (TPSA) is 70.9 Å². The maximum Gasteiger partial charge on any atom is 0.237 e. The minimum absolute atomic E-state index is 0.0338. The molecule has 1 aliphatic carbocycles. The summed E-state index contributed by atoms with van der Waals surface area (Å²) in [5.41, 5.74) is 8.31. The zero-order valence-corrected chi connectivity index (χ0v) is 13.8. The van der Waals surface area contributed by atoms with E-state index in [1.54, 1.807) is 0 Å². The number of hydrogen-bond donors (Lipinski definition) is 3. The van der Waals surface area contributed by atoms with E-state index in [9.17, 15) is 4.79 Å². The zero-order chi connectivity index (χ0) is 16.2. The number of amides is 1. The number of carbonyl (C=O) groups excluding carboxylic acids is 1. The van der Waals surface area contributed by atoms with Gasteiger partial charge in [-0.1, -0.05) is 38.0 Å². The Balaban J connectivity index is 1.53. The van der Waals surface area contributed by atoms with Gasteiger partial charge < -0.3 is 16.0 Å². The van der Waals surface area contributed by atoms with E-state index in [4.69, 9.17) is 5.73 Å². The molecule has 0 aliphatic heterocycles. The molecular formula is C19H27N3O. The number of benzene rings is 1. The first-order valence-electron chi connectivity index (χ1n) is 8.71. The summed E-state index contributed by atoms with van der Waals surface area (Å²) in [4.78, 5) is 15.5. The molecule has 1 aromatic carbocycles. The van der Waals surface area contributed by atoms with Crippen LogP contribution in [0.3, 0.4) is 0 Å². The fourth-order valence-electron chi connectivity index (χ4n) is 3.75. The molecule has 1 saturated carbocycles. The van der Waals surface area contributed by atoms with Gasteiger partial charge in [0.2, 0.25) is 5.91 Å². The van der Waals surface area contributed by atoms with Gasteiger partial charge in [-0.05, 0) is 42.7 Å². The first-order chi connectivity index (χ1) is 11.1. The second kappa shape index (κ2) is 7.18. The van der Waals surface area contributed by atoms with Crippen LogP contribution in [0.1, 0.15) is 38.2 Å². The highest BCUT2D eigenvalue weighted by Crippen LogP contribution is 2.28. The van der Waals surface area contributed by atoms with E-state index in [2.05, 4.69) is 23.3 Å². The number of rotatable bonds is 5. The number of H-pyrrole nitrogens is 1. The van der Waals surface area contributed by atoms with Crippen LogP contribution < -0.4 is 11.1 Å². The second-order valence-electron chi connectivity index (χ2n) is 7.05. The van der Waals surface area contributed by atoms with E-state index in [0.29, 0.717) is 12.3 Å². The molecule has 23 heavy (non-hydrogen) atoms. The largest absolute Gasteiger partial charge is 0.361 e. The lowest BCUT2D eigenvalue weighted by Gasteiger charge is -2.27. The lowest BCUT2D eigenvalue weighted by atomic mass is 9.82. The highest BCUT2D eigenvalue weighted by atomic mass is 16.2. The molecular weight excluding hydrogens is 286 g/mol. The van der Waals surface area contributed by atoms with Crippen molar-refractivity contribution >= 4 is 16.8 Å². The summed E-state index contributed by atoms with van der Waals surface area (Å²) in [7, 11) is 0. The molecule has 1 aliphatic rings.